The Morgan fingerprint density at radius 3 is 3.17 bits per heavy atom. The van der Waals surface area contributed by atoms with Crippen molar-refractivity contribution < 1.29 is 4.79 Å². The number of benzene rings is 1. The van der Waals surface area contributed by atoms with E-state index in [1.165, 1.54) is 17.3 Å². The van der Waals surface area contributed by atoms with Crippen LogP contribution in [0.4, 0.5) is 0 Å². The van der Waals surface area contributed by atoms with Gasteiger partial charge < -0.3 is 10.3 Å². The summed E-state index contributed by atoms with van der Waals surface area (Å²) in [6, 6.07) is 8.39. The number of amides is 1. The summed E-state index contributed by atoms with van der Waals surface area (Å²) >= 11 is 0. The van der Waals surface area contributed by atoms with Crippen molar-refractivity contribution in [2.45, 2.75) is 38.3 Å². The molecule has 1 amide bonds. The van der Waals surface area contributed by atoms with E-state index in [-0.39, 0.29) is 11.9 Å². The summed E-state index contributed by atoms with van der Waals surface area (Å²) in [5.41, 5.74) is 3.65. The quantitative estimate of drug-likeness (QED) is 0.768. The minimum absolute atomic E-state index is 0.0250. The first-order valence-corrected chi connectivity index (χ1v) is 7.91. The van der Waals surface area contributed by atoms with Crippen LogP contribution in [0.5, 0.6) is 0 Å². The number of fused-ring (bicyclic) bond motifs is 3. The van der Waals surface area contributed by atoms with Crippen LogP contribution in [0.1, 0.15) is 36.6 Å². The van der Waals surface area contributed by atoms with Crippen LogP contribution in [0.2, 0.25) is 0 Å². The molecule has 118 valence electrons. The van der Waals surface area contributed by atoms with E-state index < -0.39 is 0 Å². The molecule has 2 heterocycles. The van der Waals surface area contributed by atoms with E-state index in [9.17, 15) is 4.79 Å². The first-order chi connectivity index (χ1) is 11.3. The molecule has 23 heavy (non-hydrogen) atoms. The van der Waals surface area contributed by atoms with Crippen molar-refractivity contribution in [1.82, 2.24) is 30.5 Å². The Balaban J connectivity index is 1.49. The number of nitrogens with zero attached hydrogens (tertiary/aromatic N) is 4. The second-order valence-electron chi connectivity index (χ2n) is 5.90. The van der Waals surface area contributed by atoms with Crippen LogP contribution >= 0.6 is 0 Å². The molecule has 0 bridgehead atoms. The smallest absolute Gasteiger partial charge is 0.222 e. The van der Waals surface area contributed by atoms with E-state index in [1.807, 2.05) is 6.07 Å². The van der Waals surface area contributed by atoms with Crippen LogP contribution in [-0.2, 0) is 17.8 Å². The summed E-state index contributed by atoms with van der Waals surface area (Å²) in [5.74, 6) is 0.0250. The van der Waals surface area contributed by atoms with Gasteiger partial charge in [-0.3, -0.25) is 4.79 Å². The number of para-hydroxylation sites is 1. The third-order valence-corrected chi connectivity index (χ3v) is 4.41. The van der Waals surface area contributed by atoms with Crippen molar-refractivity contribution >= 4 is 16.8 Å². The van der Waals surface area contributed by atoms with E-state index in [1.54, 1.807) is 4.68 Å². The first-order valence-electron chi connectivity index (χ1n) is 7.91. The lowest BCUT2D eigenvalue weighted by Gasteiger charge is -2.23. The molecule has 0 radical (unpaired) electrons. The molecular weight excluding hydrogens is 292 g/mol. The van der Waals surface area contributed by atoms with Crippen molar-refractivity contribution in [3.05, 3.63) is 41.9 Å². The minimum atomic E-state index is 0.0250. The second kappa shape index (κ2) is 5.83. The van der Waals surface area contributed by atoms with Gasteiger partial charge in [-0.15, -0.1) is 5.10 Å². The average Bonchev–Trinajstić information content (AvgIpc) is 3.21. The van der Waals surface area contributed by atoms with Gasteiger partial charge in [0.2, 0.25) is 5.91 Å². The zero-order chi connectivity index (χ0) is 15.6. The zero-order valence-electron chi connectivity index (χ0n) is 12.7. The second-order valence-corrected chi connectivity index (χ2v) is 5.90. The van der Waals surface area contributed by atoms with Gasteiger partial charge in [-0.1, -0.05) is 18.2 Å². The largest absolute Gasteiger partial charge is 0.356 e. The Bertz CT molecular complexity index is 822. The van der Waals surface area contributed by atoms with E-state index in [0.717, 1.165) is 30.5 Å². The minimum Gasteiger partial charge on any atom is -0.356 e. The summed E-state index contributed by atoms with van der Waals surface area (Å²) in [5, 5.41) is 15.3. The molecule has 1 aliphatic rings. The highest BCUT2D eigenvalue weighted by atomic mass is 16.1. The maximum atomic E-state index is 12.2. The molecule has 7 nitrogen and oxygen atoms in total. The maximum absolute atomic E-state index is 12.2. The molecule has 7 heteroatoms. The Morgan fingerprint density at radius 2 is 2.30 bits per heavy atom. The molecule has 1 aromatic carbocycles. The van der Waals surface area contributed by atoms with Crippen molar-refractivity contribution in [2.24, 2.45) is 0 Å². The van der Waals surface area contributed by atoms with Crippen molar-refractivity contribution in [3.63, 3.8) is 0 Å². The van der Waals surface area contributed by atoms with Crippen molar-refractivity contribution in [1.29, 1.82) is 0 Å². The molecule has 1 aliphatic carbocycles. The fraction of sp³-hybridized carbons (Fsp3) is 0.375. The number of hydrogen-bond donors (Lipinski definition) is 2. The molecule has 2 aromatic heterocycles. The number of H-pyrrole nitrogens is 1. The number of aromatic amines is 1. The Hall–Kier alpha value is -2.70. The van der Waals surface area contributed by atoms with Crippen LogP contribution in [0, 0.1) is 0 Å². The summed E-state index contributed by atoms with van der Waals surface area (Å²) in [4.78, 5) is 15.7. The van der Waals surface area contributed by atoms with Gasteiger partial charge >= 0.3 is 0 Å². The molecule has 0 saturated heterocycles. The predicted molar refractivity (Wildman–Crippen MR) is 84.6 cm³/mol. The highest BCUT2D eigenvalue weighted by molar-refractivity contribution is 5.85. The summed E-state index contributed by atoms with van der Waals surface area (Å²) in [6.07, 6.45) is 5.01. The van der Waals surface area contributed by atoms with E-state index in [4.69, 9.17) is 0 Å². The fourth-order valence-corrected chi connectivity index (χ4v) is 3.32. The lowest BCUT2D eigenvalue weighted by Crippen LogP contribution is -2.31. The van der Waals surface area contributed by atoms with Crippen LogP contribution in [-0.4, -0.2) is 31.1 Å². The number of carbonyl (C=O) groups is 1. The van der Waals surface area contributed by atoms with Gasteiger partial charge in [0.1, 0.15) is 6.33 Å². The number of tetrazole rings is 1. The van der Waals surface area contributed by atoms with Gasteiger partial charge in [0, 0.05) is 23.0 Å². The molecule has 3 aromatic rings. The number of aromatic nitrogens is 5. The standard InChI is InChI=1S/C16H18N6O/c23-15(8-9-22-10-17-20-21-22)18-14-7-3-5-12-11-4-1-2-6-13(11)19-16(12)14/h1-2,4,6,10,14,19H,3,5,7-9H2,(H,18,23)/t14-/m0/s1. The lowest BCUT2D eigenvalue weighted by atomic mass is 9.91. The monoisotopic (exact) mass is 310 g/mol. The van der Waals surface area contributed by atoms with Crippen LogP contribution in [0.25, 0.3) is 10.9 Å². The molecule has 4 rings (SSSR count). The van der Waals surface area contributed by atoms with Gasteiger partial charge in [-0.05, 0) is 41.3 Å². The molecule has 1 atom stereocenters. The lowest BCUT2D eigenvalue weighted by molar-refractivity contribution is -0.122. The summed E-state index contributed by atoms with van der Waals surface area (Å²) < 4.78 is 1.56. The highest BCUT2D eigenvalue weighted by Crippen LogP contribution is 2.34. The first kappa shape index (κ1) is 13.9. The Kier molecular flexibility index (Phi) is 3.53. The molecule has 0 aliphatic heterocycles. The predicted octanol–water partition coefficient (Wildman–Crippen LogP) is 1.74. The average molecular weight is 310 g/mol. The third-order valence-electron chi connectivity index (χ3n) is 4.41. The number of hydrogen-bond acceptors (Lipinski definition) is 4. The van der Waals surface area contributed by atoms with Crippen molar-refractivity contribution in [2.75, 3.05) is 0 Å². The topological polar surface area (TPSA) is 88.5 Å². The van der Waals surface area contributed by atoms with Crippen LogP contribution in [0.15, 0.2) is 30.6 Å². The molecule has 0 saturated carbocycles. The molecular formula is C16H18N6O. The summed E-state index contributed by atoms with van der Waals surface area (Å²) in [6.45, 7) is 0.491. The van der Waals surface area contributed by atoms with Gasteiger partial charge in [0.05, 0.1) is 12.6 Å². The van der Waals surface area contributed by atoms with E-state index >= 15 is 0 Å². The maximum Gasteiger partial charge on any atom is 0.222 e. The van der Waals surface area contributed by atoms with Gasteiger partial charge in [0.15, 0.2) is 0 Å². The van der Waals surface area contributed by atoms with Gasteiger partial charge in [0.25, 0.3) is 0 Å². The number of aryl methyl sites for hydroxylation is 2. The fourth-order valence-electron chi connectivity index (χ4n) is 3.32. The third kappa shape index (κ3) is 2.69. The van der Waals surface area contributed by atoms with Crippen LogP contribution in [0.3, 0.4) is 0 Å². The van der Waals surface area contributed by atoms with Crippen molar-refractivity contribution in [3.8, 4) is 0 Å². The molecule has 0 spiro atoms. The summed E-state index contributed by atoms with van der Waals surface area (Å²) in [7, 11) is 0. The SMILES string of the molecule is O=C(CCn1cnnn1)N[C@H]1CCCc2c1[nH]c1ccccc21. The highest BCUT2D eigenvalue weighted by Gasteiger charge is 2.25. The molecule has 0 unspecified atom stereocenters. The van der Waals surface area contributed by atoms with Crippen LogP contribution < -0.4 is 5.32 Å². The molecule has 0 fully saturated rings. The Labute approximate surface area is 133 Å². The zero-order valence-corrected chi connectivity index (χ0v) is 12.7. The van der Waals surface area contributed by atoms with E-state index in [2.05, 4.69) is 44.0 Å². The van der Waals surface area contributed by atoms with Gasteiger partial charge in [-0.2, -0.15) is 0 Å². The number of carbonyl (C=O) groups excluding carboxylic acids is 1. The Morgan fingerprint density at radius 1 is 1.39 bits per heavy atom. The number of rotatable bonds is 4. The van der Waals surface area contributed by atoms with E-state index in [0.29, 0.717) is 13.0 Å². The normalized spacial score (nSPS) is 17.1. The van der Waals surface area contributed by atoms with Gasteiger partial charge in [-0.25, -0.2) is 4.68 Å². The molecule has 2 N–H and O–H groups in total. The number of nitrogens with one attached hydrogen (secondary N) is 2.